The van der Waals surface area contributed by atoms with E-state index in [9.17, 15) is 4.79 Å². The first kappa shape index (κ1) is 12.6. The van der Waals surface area contributed by atoms with Gasteiger partial charge in [0.1, 0.15) is 0 Å². The van der Waals surface area contributed by atoms with Crippen molar-refractivity contribution in [3.8, 4) is 0 Å². The van der Waals surface area contributed by atoms with Crippen molar-refractivity contribution >= 4 is 23.1 Å². The number of nitrogens with zero attached hydrogens (tertiary/aromatic N) is 2. The molecule has 1 unspecified atom stereocenters. The first-order chi connectivity index (χ1) is 8.59. The van der Waals surface area contributed by atoms with E-state index < -0.39 is 0 Å². The minimum absolute atomic E-state index is 0.138. The third kappa shape index (κ3) is 2.54. The lowest BCUT2D eigenvalue weighted by molar-refractivity contribution is 0.845. The Bertz CT molecular complexity index is 607. The summed E-state index contributed by atoms with van der Waals surface area (Å²) >= 11 is 6.10. The van der Waals surface area contributed by atoms with Crippen molar-refractivity contribution in [2.24, 2.45) is 7.05 Å². The van der Waals surface area contributed by atoms with Gasteiger partial charge in [-0.25, -0.2) is 4.98 Å². The molecule has 0 bridgehead atoms. The van der Waals surface area contributed by atoms with Gasteiger partial charge >= 0.3 is 0 Å². The predicted octanol–water partition coefficient (Wildman–Crippen LogP) is 2.82. The Morgan fingerprint density at radius 1 is 1.39 bits per heavy atom. The highest BCUT2D eigenvalue weighted by molar-refractivity contribution is 6.21. The lowest BCUT2D eigenvalue weighted by Crippen LogP contribution is -2.20. The number of anilines is 2. The molecule has 18 heavy (non-hydrogen) atoms. The van der Waals surface area contributed by atoms with Crippen LogP contribution in [-0.4, -0.2) is 9.55 Å². The third-order valence-electron chi connectivity index (χ3n) is 2.66. The molecule has 1 aromatic heterocycles. The minimum atomic E-state index is -0.172. The molecule has 1 N–H and O–H groups in total. The topological polar surface area (TPSA) is 46.9 Å². The molecular weight excluding hydrogens is 250 g/mol. The average Bonchev–Trinajstić information content (AvgIpc) is 2.35. The highest BCUT2D eigenvalue weighted by Gasteiger charge is 2.09. The van der Waals surface area contributed by atoms with Crippen LogP contribution < -0.4 is 10.9 Å². The minimum Gasteiger partial charge on any atom is -0.335 e. The molecule has 1 heterocycles. The monoisotopic (exact) mass is 263 g/mol. The van der Waals surface area contributed by atoms with Gasteiger partial charge in [0.2, 0.25) is 0 Å². The van der Waals surface area contributed by atoms with Gasteiger partial charge in [-0.05, 0) is 18.6 Å². The normalized spacial score (nSPS) is 12.2. The number of rotatable bonds is 3. The summed E-state index contributed by atoms with van der Waals surface area (Å²) in [7, 11) is 1.69. The number of alkyl halides is 1. The maximum atomic E-state index is 11.9. The van der Waals surface area contributed by atoms with Crippen molar-refractivity contribution in [3.63, 3.8) is 0 Å². The van der Waals surface area contributed by atoms with Gasteiger partial charge in [0, 0.05) is 25.1 Å². The molecule has 0 aliphatic carbocycles. The van der Waals surface area contributed by atoms with Crippen LogP contribution >= 0.6 is 11.6 Å². The first-order valence-corrected chi connectivity index (χ1v) is 6.05. The van der Waals surface area contributed by atoms with Crippen molar-refractivity contribution in [1.29, 1.82) is 0 Å². The summed E-state index contributed by atoms with van der Waals surface area (Å²) in [5.41, 5.74) is 1.57. The fraction of sp³-hybridized carbons (Fsp3) is 0.231. The summed E-state index contributed by atoms with van der Waals surface area (Å²) in [5, 5.41) is 2.90. The van der Waals surface area contributed by atoms with Gasteiger partial charge in [0.15, 0.2) is 5.82 Å². The number of nitrogens with one attached hydrogen (secondary N) is 1. The number of hydrogen-bond acceptors (Lipinski definition) is 3. The van der Waals surface area contributed by atoms with Crippen LogP contribution in [0.3, 0.4) is 0 Å². The van der Waals surface area contributed by atoms with E-state index in [0.29, 0.717) is 5.82 Å². The number of aryl methyl sites for hydroxylation is 1. The second-order valence-corrected chi connectivity index (χ2v) is 4.67. The van der Waals surface area contributed by atoms with E-state index in [2.05, 4.69) is 10.3 Å². The number of aromatic nitrogens is 2. The predicted molar refractivity (Wildman–Crippen MR) is 73.5 cm³/mol. The SMILES string of the molecule is CC(Cl)c1ccccc1Nc1nccn(C)c1=O. The zero-order valence-electron chi connectivity index (χ0n) is 10.2. The van der Waals surface area contributed by atoms with E-state index in [4.69, 9.17) is 11.6 Å². The van der Waals surface area contributed by atoms with Gasteiger partial charge in [-0.3, -0.25) is 4.79 Å². The fourth-order valence-electron chi connectivity index (χ4n) is 1.67. The molecule has 0 spiro atoms. The maximum Gasteiger partial charge on any atom is 0.293 e. The van der Waals surface area contributed by atoms with Crippen LogP contribution in [0.2, 0.25) is 0 Å². The summed E-state index contributed by atoms with van der Waals surface area (Å²) in [6, 6.07) is 7.60. The van der Waals surface area contributed by atoms with E-state index in [1.54, 1.807) is 19.4 Å². The molecule has 94 valence electrons. The van der Waals surface area contributed by atoms with Gasteiger partial charge < -0.3 is 9.88 Å². The van der Waals surface area contributed by atoms with E-state index in [0.717, 1.165) is 11.3 Å². The lowest BCUT2D eigenvalue weighted by atomic mass is 10.1. The summed E-state index contributed by atoms with van der Waals surface area (Å²) in [4.78, 5) is 15.9. The molecule has 0 saturated carbocycles. The zero-order chi connectivity index (χ0) is 13.1. The van der Waals surface area contributed by atoms with E-state index in [1.165, 1.54) is 4.57 Å². The molecular formula is C13H14ClN3O. The molecule has 0 amide bonds. The highest BCUT2D eigenvalue weighted by Crippen LogP contribution is 2.28. The van der Waals surface area contributed by atoms with E-state index in [1.807, 2.05) is 31.2 Å². The number of hydrogen-bond donors (Lipinski definition) is 1. The second kappa shape index (κ2) is 5.23. The van der Waals surface area contributed by atoms with E-state index in [-0.39, 0.29) is 10.9 Å². The van der Waals surface area contributed by atoms with Crippen LogP contribution in [0.1, 0.15) is 17.9 Å². The molecule has 1 aromatic carbocycles. The number of para-hydroxylation sites is 1. The molecule has 2 aromatic rings. The number of benzene rings is 1. The molecule has 0 aliphatic rings. The van der Waals surface area contributed by atoms with Gasteiger partial charge in [-0.15, -0.1) is 11.6 Å². The summed E-state index contributed by atoms with van der Waals surface area (Å²) < 4.78 is 1.47. The van der Waals surface area contributed by atoms with Crippen LogP contribution in [0.5, 0.6) is 0 Å². The Morgan fingerprint density at radius 3 is 2.83 bits per heavy atom. The Labute approximate surface area is 110 Å². The third-order valence-corrected chi connectivity index (χ3v) is 2.89. The summed E-state index contributed by atoms with van der Waals surface area (Å²) in [5.74, 6) is 0.296. The Hall–Kier alpha value is -1.81. The second-order valence-electron chi connectivity index (χ2n) is 4.02. The van der Waals surface area contributed by atoms with Crippen molar-refractivity contribution in [2.45, 2.75) is 12.3 Å². The molecule has 0 aliphatic heterocycles. The lowest BCUT2D eigenvalue weighted by Gasteiger charge is -2.12. The maximum absolute atomic E-state index is 11.9. The summed E-state index contributed by atoms with van der Waals surface area (Å²) in [6.45, 7) is 1.89. The fourth-order valence-corrected chi connectivity index (χ4v) is 1.86. The van der Waals surface area contributed by atoms with Gasteiger partial charge in [0.25, 0.3) is 5.56 Å². The van der Waals surface area contributed by atoms with Gasteiger partial charge in [-0.2, -0.15) is 0 Å². The average molecular weight is 264 g/mol. The molecule has 1 atom stereocenters. The van der Waals surface area contributed by atoms with Crippen molar-refractivity contribution in [1.82, 2.24) is 9.55 Å². The summed E-state index contributed by atoms with van der Waals surface area (Å²) in [6.07, 6.45) is 3.19. The van der Waals surface area contributed by atoms with Crippen molar-refractivity contribution in [2.75, 3.05) is 5.32 Å². The number of halogens is 1. The quantitative estimate of drug-likeness (QED) is 0.867. The largest absolute Gasteiger partial charge is 0.335 e. The first-order valence-electron chi connectivity index (χ1n) is 5.61. The van der Waals surface area contributed by atoms with Crippen LogP contribution in [0.4, 0.5) is 11.5 Å². The zero-order valence-corrected chi connectivity index (χ0v) is 11.0. The standard InChI is InChI=1S/C13H14ClN3O/c1-9(14)10-5-3-4-6-11(10)16-12-13(18)17(2)8-7-15-12/h3-9H,1-2H3,(H,15,16). The highest BCUT2D eigenvalue weighted by atomic mass is 35.5. The molecule has 4 nitrogen and oxygen atoms in total. The van der Waals surface area contributed by atoms with E-state index >= 15 is 0 Å². The molecule has 0 fully saturated rings. The molecule has 0 saturated heterocycles. The Kier molecular flexibility index (Phi) is 3.67. The van der Waals surface area contributed by atoms with Crippen LogP contribution in [0.15, 0.2) is 41.5 Å². The Balaban J connectivity index is 2.40. The molecule has 0 radical (unpaired) electrons. The van der Waals surface area contributed by atoms with Crippen LogP contribution in [0, 0.1) is 0 Å². The van der Waals surface area contributed by atoms with Crippen molar-refractivity contribution in [3.05, 3.63) is 52.6 Å². The molecule has 2 rings (SSSR count). The van der Waals surface area contributed by atoms with Crippen molar-refractivity contribution < 1.29 is 0 Å². The van der Waals surface area contributed by atoms with Crippen LogP contribution in [-0.2, 0) is 7.05 Å². The Morgan fingerprint density at radius 2 is 2.11 bits per heavy atom. The van der Waals surface area contributed by atoms with Gasteiger partial charge in [-0.1, -0.05) is 18.2 Å². The van der Waals surface area contributed by atoms with Crippen LogP contribution in [0.25, 0.3) is 0 Å². The van der Waals surface area contributed by atoms with Gasteiger partial charge in [0.05, 0.1) is 5.38 Å². The molecule has 5 heteroatoms. The smallest absolute Gasteiger partial charge is 0.293 e.